The largest absolute Gasteiger partial charge is 0.354 e. The van der Waals surface area contributed by atoms with E-state index in [0.29, 0.717) is 24.4 Å². The Morgan fingerprint density at radius 2 is 2.15 bits per heavy atom. The van der Waals surface area contributed by atoms with E-state index >= 15 is 0 Å². The smallest absolute Gasteiger partial charge is 0.278 e. The van der Waals surface area contributed by atoms with Crippen LogP contribution in [0.15, 0.2) is 17.5 Å². The molecule has 2 atom stereocenters. The number of nitrogens with one attached hydrogen (secondary N) is 2. The van der Waals surface area contributed by atoms with Crippen molar-refractivity contribution < 1.29 is 24.9 Å². The number of quaternary nitrogens is 1. The molecule has 1 aromatic rings. The van der Waals surface area contributed by atoms with Gasteiger partial charge < -0.3 is 26.2 Å². The van der Waals surface area contributed by atoms with Crippen molar-refractivity contribution in [3.05, 3.63) is 22.4 Å². The van der Waals surface area contributed by atoms with Gasteiger partial charge in [0.05, 0.1) is 11.4 Å². The Morgan fingerprint density at radius 3 is 2.81 bits per heavy atom. The Bertz CT molecular complexity index is 723. The molecule has 0 aliphatic carbocycles. The van der Waals surface area contributed by atoms with Crippen LogP contribution in [0.4, 0.5) is 0 Å². The minimum Gasteiger partial charge on any atom is -0.354 e. The first-order valence-corrected chi connectivity index (χ1v) is 9.89. The molecule has 2 saturated heterocycles. The standard InChI is InChI=1S/C17H23N5O4S/c18-9-14(23)22-7-6-21(17(26)13-4-2-8-27-13)10-12(22)16(25)20-11-3-1-5-19-15(11)24/h2,4,8,11-12H,1,3,5-7,9-10,18H2,(H,19,24)(H,20,25)/p+1/t11-,12+/m0/s1. The second kappa shape index (κ2) is 8.49. The normalized spacial score (nSPS) is 22.9. The zero-order valence-electron chi connectivity index (χ0n) is 15.0. The summed E-state index contributed by atoms with van der Waals surface area (Å²) in [6, 6.07) is 2.10. The van der Waals surface area contributed by atoms with Gasteiger partial charge in [0, 0.05) is 19.6 Å². The quantitative estimate of drug-likeness (QED) is 0.548. The first kappa shape index (κ1) is 19.3. The summed E-state index contributed by atoms with van der Waals surface area (Å²) in [6.07, 6.45) is 1.34. The molecular formula is C17H24N5O4S+. The molecule has 0 saturated carbocycles. The summed E-state index contributed by atoms with van der Waals surface area (Å²) in [5.74, 6) is -1.03. The molecule has 3 rings (SSSR count). The van der Waals surface area contributed by atoms with Gasteiger partial charge in [0.1, 0.15) is 12.1 Å². The molecule has 5 N–H and O–H groups in total. The highest BCUT2D eigenvalue weighted by Crippen LogP contribution is 2.17. The number of amides is 4. The van der Waals surface area contributed by atoms with E-state index in [2.05, 4.69) is 16.4 Å². The van der Waals surface area contributed by atoms with Crippen molar-refractivity contribution in [1.29, 1.82) is 0 Å². The van der Waals surface area contributed by atoms with Gasteiger partial charge >= 0.3 is 0 Å². The van der Waals surface area contributed by atoms with Crippen LogP contribution in [-0.4, -0.2) is 78.2 Å². The van der Waals surface area contributed by atoms with Gasteiger partial charge in [-0.15, -0.1) is 11.3 Å². The fourth-order valence-electron chi connectivity index (χ4n) is 3.37. The summed E-state index contributed by atoms with van der Waals surface area (Å²) < 4.78 is 0. The van der Waals surface area contributed by atoms with E-state index < -0.39 is 18.0 Å². The van der Waals surface area contributed by atoms with Gasteiger partial charge in [-0.25, -0.2) is 0 Å². The minimum absolute atomic E-state index is 0.0343. The maximum atomic E-state index is 12.9. The lowest BCUT2D eigenvalue weighted by Gasteiger charge is -2.40. The Balaban J connectivity index is 1.73. The lowest BCUT2D eigenvalue weighted by atomic mass is 10.0. The van der Waals surface area contributed by atoms with Crippen LogP contribution in [0.1, 0.15) is 22.5 Å². The van der Waals surface area contributed by atoms with Crippen molar-refractivity contribution in [3.8, 4) is 0 Å². The molecule has 146 valence electrons. The third-order valence-electron chi connectivity index (χ3n) is 4.84. The number of piperazine rings is 1. The maximum absolute atomic E-state index is 12.9. The average Bonchev–Trinajstić information content (AvgIpc) is 3.23. The lowest BCUT2D eigenvalue weighted by Crippen LogP contribution is -2.67. The molecule has 0 spiro atoms. The summed E-state index contributed by atoms with van der Waals surface area (Å²) in [4.78, 5) is 53.3. The van der Waals surface area contributed by atoms with E-state index in [4.69, 9.17) is 0 Å². The molecular weight excluding hydrogens is 370 g/mol. The van der Waals surface area contributed by atoms with Crippen molar-refractivity contribution in [2.45, 2.75) is 24.9 Å². The summed E-state index contributed by atoms with van der Waals surface area (Å²) >= 11 is 1.34. The molecule has 3 heterocycles. The Hall–Kier alpha value is -2.46. The molecule has 2 aliphatic rings. The predicted octanol–water partition coefficient (Wildman–Crippen LogP) is -1.96. The molecule has 0 bridgehead atoms. The third kappa shape index (κ3) is 4.28. The molecule has 1 aromatic heterocycles. The predicted molar refractivity (Wildman–Crippen MR) is 97.7 cm³/mol. The second-order valence-corrected chi connectivity index (χ2v) is 7.52. The Kier molecular flexibility index (Phi) is 6.07. The number of hydrogen-bond acceptors (Lipinski definition) is 5. The van der Waals surface area contributed by atoms with Crippen molar-refractivity contribution >= 4 is 35.0 Å². The molecule has 4 amide bonds. The molecule has 0 aromatic carbocycles. The number of thiophene rings is 1. The van der Waals surface area contributed by atoms with E-state index in [0.717, 1.165) is 6.42 Å². The van der Waals surface area contributed by atoms with Crippen LogP contribution in [-0.2, 0) is 14.4 Å². The third-order valence-corrected chi connectivity index (χ3v) is 5.70. The highest BCUT2D eigenvalue weighted by molar-refractivity contribution is 7.12. The van der Waals surface area contributed by atoms with Crippen LogP contribution < -0.4 is 16.4 Å². The van der Waals surface area contributed by atoms with Crippen LogP contribution >= 0.6 is 11.3 Å². The highest BCUT2D eigenvalue weighted by Gasteiger charge is 2.38. The fourth-order valence-corrected chi connectivity index (χ4v) is 4.06. The van der Waals surface area contributed by atoms with Gasteiger partial charge in [0.15, 0.2) is 6.54 Å². The summed E-state index contributed by atoms with van der Waals surface area (Å²) in [7, 11) is 0. The minimum atomic E-state index is -0.827. The molecule has 9 nitrogen and oxygen atoms in total. The van der Waals surface area contributed by atoms with Crippen LogP contribution in [0.5, 0.6) is 0 Å². The van der Waals surface area contributed by atoms with Crippen LogP contribution in [0.3, 0.4) is 0 Å². The molecule has 27 heavy (non-hydrogen) atoms. The zero-order chi connectivity index (χ0) is 19.4. The number of rotatable bonds is 4. The van der Waals surface area contributed by atoms with Crippen LogP contribution in [0, 0.1) is 0 Å². The average molecular weight is 394 g/mol. The zero-order valence-corrected chi connectivity index (χ0v) is 15.8. The van der Waals surface area contributed by atoms with E-state index in [-0.39, 0.29) is 37.4 Å². The SMILES string of the molecule is [NH3+]CC(=O)N1CCN(C(=O)c2cccs2)C[C@@H]1C(=O)N[C@H]1CCCNC1=O. The summed E-state index contributed by atoms with van der Waals surface area (Å²) in [5.41, 5.74) is 3.61. The topological polar surface area (TPSA) is 126 Å². The number of carbonyl (C=O) groups is 4. The van der Waals surface area contributed by atoms with E-state index in [1.54, 1.807) is 17.0 Å². The molecule has 2 aliphatic heterocycles. The van der Waals surface area contributed by atoms with Gasteiger partial charge in [-0.1, -0.05) is 6.07 Å². The van der Waals surface area contributed by atoms with Crippen molar-refractivity contribution in [2.75, 3.05) is 32.7 Å². The highest BCUT2D eigenvalue weighted by atomic mass is 32.1. The van der Waals surface area contributed by atoms with Gasteiger partial charge in [0.25, 0.3) is 11.8 Å². The molecule has 2 fully saturated rings. The van der Waals surface area contributed by atoms with Crippen molar-refractivity contribution in [3.63, 3.8) is 0 Å². The van der Waals surface area contributed by atoms with Crippen molar-refractivity contribution in [1.82, 2.24) is 20.4 Å². The van der Waals surface area contributed by atoms with Gasteiger partial charge in [-0.05, 0) is 24.3 Å². The van der Waals surface area contributed by atoms with E-state index in [1.165, 1.54) is 16.2 Å². The first-order valence-electron chi connectivity index (χ1n) is 9.01. The Morgan fingerprint density at radius 1 is 1.33 bits per heavy atom. The number of carbonyl (C=O) groups excluding carboxylic acids is 4. The molecule has 10 heteroatoms. The van der Waals surface area contributed by atoms with E-state index in [1.807, 2.05) is 5.38 Å². The summed E-state index contributed by atoms with van der Waals surface area (Å²) in [5, 5.41) is 7.29. The monoisotopic (exact) mass is 394 g/mol. The van der Waals surface area contributed by atoms with Gasteiger partial charge in [-0.3, -0.25) is 19.2 Å². The first-order chi connectivity index (χ1) is 13.0. The van der Waals surface area contributed by atoms with Gasteiger partial charge in [-0.2, -0.15) is 0 Å². The lowest BCUT2D eigenvalue weighted by molar-refractivity contribution is -0.357. The van der Waals surface area contributed by atoms with Crippen LogP contribution in [0.25, 0.3) is 0 Å². The number of hydrogen-bond donors (Lipinski definition) is 3. The van der Waals surface area contributed by atoms with Gasteiger partial charge in [0.2, 0.25) is 11.8 Å². The fraction of sp³-hybridized carbons (Fsp3) is 0.529. The second-order valence-electron chi connectivity index (χ2n) is 6.58. The van der Waals surface area contributed by atoms with Crippen molar-refractivity contribution in [2.24, 2.45) is 0 Å². The number of nitrogens with zero attached hydrogens (tertiary/aromatic N) is 2. The Labute approximate surface area is 160 Å². The van der Waals surface area contributed by atoms with E-state index in [9.17, 15) is 19.2 Å². The molecule has 0 unspecified atom stereocenters. The molecule has 0 radical (unpaired) electrons. The van der Waals surface area contributed by atoms with Crippen LogP contribution in [0.2, 0.25) is 0 Å². The summed E-state index contributed by atoms with van der Waals surface area (Å²) in [6.45, 7) is 1.36. The number of piperidine rings is 1. The maximum Gasteiger partial charge on any atom is 0.278 e.